The third-order valence-corrected chi connectivity index (χ3v) is 6.19. The van der Waals surface area contributed by atoms with Crippen LogP contribution in [0.25, 0.3) is 0 Å². The quantitative estimate of drug-likeness (QED) is 0.249. The molecule has 7 heteroatoms. The Balaban J connectivity index is 1.40. The minimum atomic E-state index is -0.738. The minimum Gasteiger partial charge on any atom is -0.491 e. The number of aromatic nitrogens is 1. The fourth-order valence-corrected chi connectivity index (χ4v) is 4.20. The second kappa shape index (κ2) is 14.0. The zero-order valence-electron chi connectivity index (χ0n) is 21.2. The average molecular weight is 512 g/mol. The van der Waals surface area contributed by atoms with Gasteiger partial charge in [-0.3, -0.25) is 14.7 Å². The molecular weight excluding hydrogens is 478 g/mol. The first-order valence-corrected chi connectivity index (χ1v) is 12.7. The molecule has 3 N–H and O–H groups in total. The summed E-state index contributed by atoms with van der Waals surface area (Å²) in [6, 6.07) is 30.2. The maximum Gasteiger partial charge on any atom is 0.257 e. The van der Waals surface area contributed by atoms with Gasteiger partial charge in [0.15, 0.2) is 0 Å². The van der Waals surface area contributed by atoms with Gasteiger partial charge in [0, 0.05) is 37.2 Å². The van der Waals surface area contributed by atoms with Gasteiger partial charge in [-0.1, -0.05) is 60.7 Å². The van der Waals surface area contributed by atoms with Gasteiger partial charge in [0.05, 0.1) is 12.2 Å². The zero-order chi connectivity index (χ0) is 26.6. The van der Waals surface area contributed by atoms with Crippen LogP contribution >= 0.6 is 0 Å². The van der Waals surface area contributed by atoms with Crippen LogP contribution in [0.5, 0.6) is 5.75 Å². The van der Waals surface area contributed by atoms with E-state index in [1.54, 1.807) is 18.3 Å². The number of hydrogen-bond donors (Lipinski definition) is 3. The van der Waals surface area contributed by atoms with Crippen LogP contribution in [0.3, 0.4) is 0 Å². The Morgan fingerprint density at radius 2 is 1.61 bits per heavy atom. The average Bonchev–Trinajstić information content (AvgIpc) is 2.97. The standard InChI is InChI=1S/C31H33N3O4/c35-22-28(18-24-13-15-27(16-14-24)33-31(37)26-10-7-17-32-19-26)34(20-25-8-3-1-4-9-25)21-29(36)23-38-30-11-5-2-6-12-30/h1-17,19,28-29,35-36H,18,20-23H2,(H,33,37). The monoisotopic (exact) mass is 511 g/mol. The van der Waals surface area contributed by atoms with E-state index in [-0.39, 0.29) is 25.2 Å². The number of ether oxygens (including phenoxy) is 1. The summed E-state index contributed by atoms with van der Waals surface area (Å²) in [5.41, 5.74) is 3.27. The predicted octanol–water partition coefficient (Wildman–Crippen LogP) is 4.18. The molecular formula is C31H33N3O4. The molecule has 0 saturated heterocycles. The van der Waals surface area contributed by atoms with E-state index in [9.17, 15) is 15.0 Å². The van der Waals surface area contributed by atoms with E-state index in [0.29, 0.717) is 36.5 Å². The molecule has 2 unspecified atom stereocenters. The van der Waals surface area contributed by atoms with Gasteiger partial charge in [0.2, 0.25) is 0 Å². The molecule has 0 aliphatic rings. The molecule has 0 spiro atoms. The largest absolute Gasteiger partial charge is 0.491 e. The first-order chi connectivity index (χ1) is 18.6. The maximum absolute atomic E-state index is 12.4. The molecule has 196 valence electrons. The summed E-state index contributed by atoms with van der Waals surface area (Å²) < 4.78 is 5.75. The summed E-state index contributed by atoms with van der Waals surface area (Å²) in [4.78, 5) is 18.5. The molecule has 1 amide bonds. The Labute approximate surface area is 223 Å². The van der Waals surface area contributed by atoms with E-state index in [0.717, 1.165) is 11.1 Å². The van der Waals surface area contributed by atoms with E-state index in [4.69, 9.17) is 4.74 Å². The molecule has 0 aliphatic carbocycles. The highest BCUT2D eigenvalue weighted by Gasteiger charge is 2.22. The van der Waals surface area contributed by atoms with E-state index >= 15 is 0 Å². The van der Waals surface area contributed by atoms with Gasteiger partial charge in [-0.25, -0.2) is 0 Å². The first kappa shape index (κ1) is 27.0. The van der Waals surface area contributed by atoms with Crippen molar-refractivity contribution in [2.24, 2.45) is 0 Å². The van der Waals surface area contributed by atoms with Gasteiger partial charge >= 0.3 is 0 Å². The number of aliphatic hydroxyl groups excluding tert-OH is 2. The van der Waals surface area contributed by atoms with Crippen molar-refractivity contribution < 1.29 is 19.7 Å². The van der Waals surface area contributed by atoms with Gasteiger partial charge in [0.25, 0.3) is 5.91 Å². The molecule has 0 fully saturated rings. The second-order valence-electron chi connectivity index (χ2n) is 9.13. The maximum atomic E-state index is 12.4. The molecule has 0 radical (unpaired) electrons. The van der Waals surface area contributed by atoms with Gasteiger partial charge < -0.3 is 20.3 Å². The number of rotatable bonds is 13. The normalized spacial score (nSPS) is 12.6. The van der Waals surface area contributed by atoms with Crippen molar-refractivity contribution in [1.82, 2.24) is 9.88 Å². The predicted molar refractivity (Wildman–Crippen MR) is 148 cm³/mol. The van der Waals surface area contributed by atoms with Crippen LogP contribution in [0.4, 0.5) is 5.69 Å². The second-order valence-corrected chi connectivity index (χ2v) is 9.13. The lowest BCUT2D eigenvalue weighted by Crippen LogP contribution is -2.44. The number of pyridine rings is 1. The molecule has 38 heavy (non-hydrogen) atoms. The van der Waals surface area contributed by atoms with Crippen molar-refractivity contribution in [3.05, 3.63) is 126 Å². The summed E-state index contributed by atoms with van der Waals surface area (Å²) in [7, 11) is 0. The summed E-state index contributed by atoms with van der Waals surface area (Å²) in [5.74, 6) is 0.482. The van der Waals surface area contributed by atoms with E-state index in [2.05, 4.69) is 15.2 Å². The Kier molecular flexibility index (Phi) is 9.98. The minimum absolute atomic E-state index is 0.0708. The first-order valence-electron chi connectivity index (χ1n) is 12.7. The van der Waals surface area contributed by atoms with Crippen LogP contribution in [0.1, 0.15) is 21.5 Å². The van der Waals surface area contributed by atoms with Crippen molar-refractivity contribution in [3.8, 4) is 5.75 Å². The Bertz CT molecular complexity index is 1240. The van der Waals surface area contributed by atoms with Gasteiger partial charge in [-0.2, -0.15) is 0 Å². The molecule has 4 rings (SSSR count). The van der Waals surface area contributed by atoms with Crippen LogP contribution in [-0.4, -0.2) is 57.9 Å². The number of benzene rings is 3. The Hall–Kier alpha value is -4.04. The summed E-state index contributed by atoms with van der Waals surface area (Å²) >= 11 is 0. The number of anilines is 1. The third kappa shape index (κ3) is 8.24. The topological polar surface area (TPSA) is 94.9 Å². The van der Waals surface area contributed by atoms with E-state index < -0.39 is 6.10 Å². The smallest absolute Gasteiger partial charge is 0.257 e. The number of nitrogens with one attached hydrogen (secondary N) is 1. The van der Waals surface area contributed by atoms with Crippen LogP contribution in [0.15, 0.2) is 109 Å². The highest BCUT2D eigenvalue weighted by Crippen LogP contribution is 2.17. The van der Waals surface area contributed by atoms with Crippen molar-refractivity contribution >= 4 is 11.6 Å². The van der Waals surface area contributed by atoms with E-state index in [1.165, 1.54) is 6.20 Å². The molecule has 0 aliphatic heterocycles. The van der Waals surface area contributed by atoms with Crippen LogP contribution in [0.2, 0.25) is 0 Å². The summed E-state index contributed by atoms with van der Waals surface area (Å²) in [6.07, 6.45) is 2.99. The molecule has 3 aromatic carbocycles. The lowest BCUT2D eigenvalue weighted by atomic mass is 10.0. The van der Waals surface area contributed by atoms with Crippen molar-refractivity contribution in [3.63, 3.8) is 0 Å². The van der Waals surface area contributed by atoms with Crippen LogP contribution in [0, 0.1) is 0 Å². The summed E-state index contributed by atoms with van der Waals surface area (Å²) in [6.45, 7) is 0.997. The van der Waals surface area contributed by atoms with Crippen molar-refractivity contribution in [2.45, 2.75) is 25.1 Å². The molecule has 2 atom stereocenters. The zero-order valence-corrected chi connectivity index (χ0v) is 21.2. The SMILES string of the molecule is O=C(Nc1ccc(CC(CO)N(Cc2ccccc2)CC(O)COc2ccccc2)cc1)c1cccnc1. The highest BCUT2D eigenvalue weighted by atomic mass is 16.5. The summed E-state index contributed by atoms with van der Waals surface area (Å²) in [5, 5.41) is 24.0. The van der Waals surface area contributed by atoms with Crippen LogP contribution in [-0.2, 0) is 13.0 Å². The highest BCUT2D eigenvalue weighted by molar-refractivity contribution is 6.03. The molecule has 1 heterocycles. The lowest BCUT2D eigenvalue weighted by Gasteiger charge is -2.32. The fraction of sp³-hybridized carbons (Fsp3) is 0.226. The number of carbonyl (C=O) groups excluding carboxylic acids is 1. The van der Waals surface area contributed by atoms with Crippen molar-refractivity contribution in [2.75, 3.05) is 25.1 Å². The Morgan fingerprint density at radius 3 is 2.26 bits per heavy atom. The molecule has 0 bridgehead atoms. The molecule has 4 aromatic rings. The number of nitrogens with zero attached hydrogens (tertiary/aromatic N) is 2. The molecule has 1 aromatic heterocycles. The number of hydrogen-bond acceptors (Lipinski definition) is 6. The van der Waals surface area contributed by atoms with E-state index in [1.807, 2.05) is 84.9 Å². The number of para-hydroxylation sites is 1. The van der Waals surface area contributed by atoms with Crippen LogP contribution < -0.4 is 10.1 Å². The fourth-order valence-electron chi connectivity index (χ4n) is 4.20. The molecule has 7 nitrogen and oxygen atoms in total. The number of amides is 1. The molecule has 0 saturated carbocycles. The number of carbonyl (C=O) groups is 1. The van der Waals surface area contributed by atoms with Gasteiger partial charge in [-0.15, -0.1) is 0 Å². The Morgan fingerprint density at radius 1 is 0.895 bits per heavy atom. The van der Waals surface area contributed by atoms with Crippen molar-refractivity contribution in [1.29, 1.82) is 0 Å². The third-order valence-electron chi connectivity index (χ3n) is 6.19. The number of aliphatic hydroxyl groups is 2. The van der Waals surface area contributed by atoms with Gasteiger partial charge in [-0.05, 0) is 53.9 Å². The van der Waals surface area contributed by atoms with Gasteiger partial charge in [0.1, 0.15) is 18.5 Å². The lowest BCUT2D eigenvalue weighted by molar-refractivity contribution is 0.0335.